The largest absolute Gasteiger partial charge is 0.497 e. The van der Waals surface area contributed by atoms with E-state index < -0.39 is 24.8 Å². The molecule has 0 aliphatic carbocycles. The van der Waals surface area contributed by atoms with Crippen molar-refractivity contribution < 1.29 is 40.5 Å². The minimum Gasteiger partial charge on any atom is -0.497 e. The fourth-order valence-corrected chi connectivity index (χ4v) is 7.54. The standard InChI is InChI=1S/C37H47N3O7S/c1-44-30-17-13-27(14-18-30)37(26-9-4-3-5-10-26,28-15-19-31(45-2)20-16-28)47-24-29(41)23-46-22-8-21-38-34(42)12-7-6-11-33-35-32(25-48-33)39-36(43)40-35/h3-5,9-10,13-20,29,32-33,35,41H,6-8,11-12,21-25H2,1-2H3,(H,38,42)(H2,39,40,43)/t29?,32-,33+,35-/m0/s1/i23D2,24D2,29D. The molecule has 2 fully saturated rings. The van der Waals surface area contributed by atoms with Gasteiger partial charge in [-0.3, -0.25) is 4.79 Å². The minimum absolute atomic E-state index is 0.124. The van der Waals surface area contributed by atoms with E-state index in [-0.39, 0.29) is 43.6 Å². The van der Waals surface area contributed by atoms with Crippen molar-refractivity contribution in [2.24, 2.45) is 0 Å². The molecule has 0 radical (unpaired) electrons. The summed E-state index contributed by atoms with van der Waals surface area (Å²) < 4.78 is 65.9. The molecule has 2 heterocycles. The van der Waals surface area contributed by atoms with Gasteiger partial charge >= 0.3 is 6.03 Å². The molecule has 1 unspecified atom stereocenters. The van der Waals surface area contributed by atoms with E-state index in [1.54, 1.807) is 78.9 Å². The van der Waals surface area contributed by atoms with Gasteiger partial charge in [0.1, 0.15) is 23.2 Å². The first-order chi connectivity index (χ1) is 25.2. The summed E-state index contributed by atoms with van der Waals surface area (Å²) in [5.74, 6) is 1.77. The number of hydrogen-bond donors (Lipinski definition) is 4. The summed E-state index contributed by atoms with van der Waals surface area (Å²) in [5.41, 5.74) is -0.534. The van der Waals surface area contributed by atoms with Crippen LogP contribution in [0.1, 0.15) is 55.6 Å². The molecule has 0 saturated carbocycles. The molecule has 3 aromatic carbocycles. The number of amides is 3. The summed E-state index contributed by atoms with van der Waals surface area (Å²) in [6, 6.07) is 22.2. The number of aliphatic hydroxyl groups is 1. The molecule has 2 aliphatic heterocycles. The predicted molar refractivity (Wildman–Crippen MR) is 187 cm³/mol. The monoisotopic (exact) mass is 682 g/mol. The van der Waals surface area contributed by atoms with E-state index >= 15 is 0 Å². The summed E-state index contributed by atoms with van der Waals surface area (Å²) >= 11 is 1.83. The number of nitrogens with one attached hydrogen (secondary N) is 3. The normalized spacial score (nSPS) is 22.0. The molecular weight excluding hydrogens is 630 g/mol. The van der Waals surface area contributed by atoms with Crippen LogP contribution in [-0.2, 0) is 19.9 Å². The van der Waals surface area contributed by atoms with Crippen LogP contribution in [-0.4, -0.2) is 86.7 Å². The number of methoxy groups -OCH3 is 2. The first-order valence-corrected chi connectivity index (χ1v) is 17.2. The maximum atomic E-state index is 12.4. The molecule has 3 amide bonds. The summed E-state index contributed by atoms with van der Waals surface area (Å²) in [4.78, 5) is 24.0. The van der Waals surface area contributed by atoms with Crippen LogP contribution in [0.2, 0.25) is 0 Å². The lowest BCUT2D eigenvalue weighted by atomic mass is 9.80. The Hall–Kier alpha value is -3.77. The zero-order valence-electron chi connectivity index (χ0n) is 32.2. The second-order valence-corrected chi connectivity index (χ2v) is 12.9. The van der Waals surface area contributed by atoms with Gasteiger partial charge in [0.15, 0.2) is 0 Å². The minimum atomic E-state index is -3.59. The highest BCUT2D eigenvalue weighted by Crippen LogP contribution is 2.42. The number of thioether (sulfide) groups is 1. The van der Waals surface area contributed by atoms with Crippen LogP contribution in [0.4, 0.5) is 4.79 Å². The van der Waals surface area contributed by atoms with Crippen LogP contribution < -0.4 is 25.4 Å². The fraction of sp³-hybridized carbons (Fsp3) is 0.459. The van der Waals surface area contributed by atoms with Gasteiger partial charge in [-0.2, -0.15) is 11.8 Å². The first kappa shape index (κ1) is 29.2. The van der Waals surface area contributed by atoms with Crippen molar-refractivity contribution in [3.63, 3.8) is 0 Å². The summed E-state index contributed by atoms with van der Waals surface area (Å²) in [7, 11) is 3.02. The lowest BCUT2D eigenvalue weighted by Gasteiger charge is -2.36. The molecule has 5 rings (SSSR count). The van der Waals surface area contributed by atoms with Gasteiger partial charge in [0.25, 0.3) is 0 Å². The maximum absolute atomic E-state index is 12.4. The van der Waals surface area contributed by atoms with E-state index in [1.807, 2.05) is 11.8 Å². The van der Waals surface area contributed by atoms with Crippen molar-refractivity contribution in [3.8, 4) is 11.5 Å². The molecule has 4 atom stereocenters. The highest BCUT2D eigenvalue weighted by molar-refractivity contribution is 8.00. The van der Waals surface area contributed by atoms with Crippen LogP contribution in [0.25, 0.3) is 0 Å². The molecule has 2 saturated heterocycles. The van der Waals surface area contributed by atoms with Crippen LogP contribution in [0.3, 0.4) is 0 Å². The average molecular weight is 683 g/mol. The molecule has 11 heteroatoms. The van der Waals surface area contributed by atoms with Crippen LogP contribution in [0, 0.1) is 0 Å². The number of unbranched alkanes of at least 4 members (excludes halogenated alkanes) is 1. The van der Waals surface area contributed by atoms with Crippen LogP contribution in [0.15, 0.2) is 78.9 Å². The number of carbonyl (C=O) groups excluding carboxylic acids is 2. The number of rotatable bonds is 19. The second-order valence-electron chi connectivity index (χ2n) is 11.6. The SMILES string of the molecule is [2H]C([2H])(OCCCNC(=O)CCCC[C@H]1SC[C@@H]2NC(=O)N[C@@H]21)C([2H])(O)C([2H])([2H])OC(c1ccccc1)(c1ccc(OC)cc1)c1ccc(OC)cc1. The van der Waals surface area contributed by atoms with Gasteiger partial charge in [-0.1, -0.05) is 61.0 Å². The molecule has 0 bridgehead atoms. The zero-order chi connectivity index (χ0) is 38.3. The Morgan fingerprint density at radius 2 is 1.60 bits per heavy atom. The van der Waals surface area contributed by atoms with Crippen molar-refractivity contribution in [3.05, 3.63) is 95.6 Å². The zero-order valence-corrected chi connectivity index (χ0v) is 28.0. The molecule has 0 spiro atoms. The van der Waals surface area contributed by atoms with Gasteiger partial charge in [-0.15, -0.1) is 0 Å². The molecule has 2 aliphatic rings. The summed E-state index contributed by atoms with van der Waals surface area (Å²) in [6.45, 7) is -6.82. The summed E-state index contributed by atoms with van der Waals surface area (Å²) in [5, 5.41) is 20.4. The van der Waals surface area contributed by atoms with Crippen molar-refractivity contribution in [2.75, 3.05) is 46.2 Å². The van der Waals surface area contributed by atoms with Crippen molar-refractivity contribution in [2.45, 2.75) is 61.1 Å². The van der Waals surface area contributed by atoms with Gasteiger partial charge in [0, 0.05) is 30.6 Å². The second kappa shape index (κ2) is 17.6. The lowest BCUT2D eigenvalue weighted by Crippen LogP contribution is -2.37. The number of urea groups is 1. The average Bonchev–Trinajstić information content (AvgIpc) is 3.71. The van der Waals surface area contributed by atoms with E-state index in [1.165, 1.54) is 14.2 Å². The molecule has 4 N–H and O–H groups in total. The Labute approximate surface area is 294 Å². The molecule has 3 aromatic rings. The third-order valence-corrected chi connectivity index (χ3v) is 9.98. The van der Waals surface area contributed by atoms with Gasteiger partial charge in [-0.25, -0.2) is 4.79 Å². The quantitative estimate of drug-likeness (QED) is 0.0820. The third-order valence-electron chi connectivity index (χ3n) is 8.47. The number of carbonyl (C=O) groups is 2. The molecular formula is C37H47N3O7S. The van der Waals surface area contributed by atoms with Crippen molar-refractivity contribution in [1.29, 1.82) is 0 Å². The number of ether oxygens (including phenoxy) is 4. The number of fused-ring (bicyclic) bond motifs is 1. The third kappa shape index (κ3) is 9.02. The van der Waals surface area contributed by atoms with E-state index in [0.717, 1.165) is 18.6 Å². The Morgan fingerprint density at radius 3 is 2.25 bits per heavy atom. The van der Waals surface area contributed by atoms with Gasteiger partial charge < -0.3 is 40.0 Å². The molecule has 0 aromatic heterocycles. The molecule has 48 heavy (non-hydrogen) atoms. The fourth-order valence-electron chi connectivity index (χ4n) is 6.00. The topological polar surface area (TPSA) is 127 Å². The van der Waals surface area contributed by atoms with E-state index in [9.17, 15) is 14.7 Å². The molecule has 10 nitrogen and oxygen atoms in total. The Morgan fingerprint density at radius 1 is 0.958 bits per heavy atom. The van der Waals surface area contributed by atoms with Crippen molar-refractivity contribution in [1.82, 2.24) is 16.0 Å². The van der Waals surface area contributed by atoms with Crippen LogP contribution in [0.5, 0.6) is 11.5 Å². The lowest BCUT2D eigenvalue weighted by molar-refractivity contribution is -0.121. The highest BCUT2D eigenvalue weighted by atomic mass is 32.2. The number of benzene rings is 3. The Bertz CT molecular complexity index is 1620. The summed E-state index contributed by atoms with van der Waals surface area (Å²) in [6.07, 6.45) is -0.721. The van der Waals surface area contributed by atoms with Gasteiger partial charge in [-0.05, 0) is 60.2 Å². The van der Waals surface area contributed by atoms with E-state index in [4.69, 9.17) is 25.8 Å². The first-order valence-electron chi connectivity index (χ1n) is 18.6. The highest BCUT2D eigenvalue weighted by Gasteiger charge is 2.42. The Kier molecular flexibility index (Phi) is 10.7. The molecule has 258 valence electrons. The van der Waals surface area contributed by atoms with Gasteiger partial charge in [0.05, 0.1) is 46.3 Å². The van der Waals surface area contributed by atoms with Crippen molar-refractivity contribution >= 4 is 23.7 Å². The number of hydrogen-bond acceptors (Lipinski definition) is 8. The maximum Gasteiger partial charge on any atom is 0.315 e. The van der Waals surface area contributed by atoms with E-state index in [2.05, 4.69) is 16.0 Å². The smallest absolute Gasteiger partial charge is 0.315 e. The Balaban J connectivity index is 1.22. The van der Waals surface area contributed by atoms with E-state index in [0.29, 0.717) is 46.3 Å². The predicted octanol–water partition coefficient (Wildman–Crippen LogP) is 4.62. The van der Waals surface area contributed by atoms with Gasteiger partial charge in [0.2, 0.25) is 5.91 Å². The van der Waals surface area contributed by atoms with Crippen LogP contribution >= 0.6 is 11.8 Å².